The van der Waals surface area contributed by atoms with Gasteiger partial charge in [-0.05, 0) is 49.7 Å². The molecule has 0 aliphatic heterocycles. The second-order valence-corrected chi connectivity index (χ2v) is 8.02. The van der Waals surface area contributed by atoms with Gasteiger partial charge in [0.15, 0.2) is 5.13 Å². The van der Waals surface area contributed by atoms with Gasteiger partial charge in [0.1, 0.15) is 16.4 Å². The largest absolute Gasteiger partial charge is 0.495 e. The van der Waals surface area contributed by atoms with Crippen molar-refractivity contribution in [2.75, 3.05) is 18.4 Å². The van der Waals surface area contributed by atoms with E-state index in [0.29, 0.717) is 17.3 Å². The van der Waals surface area contributed by atoms with Crippen LogP contribution in [0.1, 0.15) is 12.5 Å². The van der Waals surface area contributed by atoms with E-state index in [2.05, 4.69) is 9.71 Å². The molecule has 0 aliphatic carbocycles. The van der Waals surface area contributed by atoms with Crippen molar-refractivity contribution in [3.8, 4) is 11.5 Å². The third-order valence-electron chi connectivity index (χ3n) is 3.50. The molecule has 25 heavy (non-hydrogen) atoms. The van der Waals surface area contributed by atoms with Crippen molar-refractivity contribution in [2.45, 2.75) is 18.7 Å². The molecule has 0 saturated heterocycles. The first-order valence-corrected chi connectivity index (χ1v) is 9.94. The van der Waals surface area contributed by atoms with E-state index in [1.54, 1.807) is 18.2 Å². The topological polar surface area (TPSA) is 77.5 Å². The molecule has 3 aromatic rings. The molecular formula is C17H18N2O4S2. The number of nitrogens with one attached hydrogen (secondary N) is 1. The molecule has 0 saturated carbocycles. The van der Waals surface area contributed by atoms with Gasteiger partial charge in [-0.1, -0.05) is 17.4 Å². The molecule has 1 aromatic heterocycles. The molecule has 0 atom stereocenters. The Balaban J connectivity index is 1.95. The van der Waals surface area contributed by atoms with Crippen LogP contribution in [0, 0.1) is 6.92 Å². The molecule has 2 aromatic carbocycles. The van der Waals surface area contributed by atoms with Gasteiger partial charge in [-0.2, -0.15) is 0 Å². The quantitative estimate of drug-likeness (QED) is 0.706. The SMILES string of the molecule is CCOc1ccc2nc(NS(=O)(=O)c3cc(C)ccc3OC)sc2c1. The lowest BCUT2D eigenvalue weighted by atomic mass is 10.2. The fourth-order valence-corrected chi connectivity index (χ4v) is 4.75. The molecule has 132 valence electrons. The maximum atomic E-state index is 12.7. The summed E-state index contributed by atoms with van der Waals surface area (Å²) in [6.45, 7) is 4.30. The number of methoxy groups -OCH3 is 1. The number of hydrogen-bond acceptors (Lipinski definition) is 6. The first-order chi connectivity index (χ1) is 11.9. The van der Waals surface area contributed by atoms with E-state index < -0.39 is 10.0 Å². The molecule has 6 nitrogen and oxygen atoms in total. The standard InChI is InChI=1S/C17H18N2O4S2/c1-4-23-12-6-7-13-15(10-12)24-17(18-13)19-25(20,21)16-9-11(2)5-8-14(16)22-3/h5-10H,4H2,1-3H3,(H,18,19). The fraction of sp³-hybridized carbons (Fsp3) is 0.235. The number of sulfonamides is 1. The van der Waals surface area contributed by atoms with E-state index in [4.69, 9.17) is 9.47 Å². The van der Waals surface area contributed by atoms with Crippen molar-refractivity contribution >= 4 is 36.7 Å². The summed E-state index contributed by atoms with van der Waals surface area (Å²) >= 11 is 1.25. The van der Waals surface area contributed by atoms with Crippen LogP contribution in [-0.4, -0.2) is 27.1 Å². The Bertz CT molecular complexity index is 1010. The van der Waals surface area contributed by atoms with Crippen molar-refractivity contribution in [3.05, 3.63) is 42.0 Å². The average molecular weight is 378 g/mol. The molecule has 1 heterocycles. The zero-order chi connectivity index (χ0) is 18.0. The van der Waals surface area contributed by atoms with Crippen molar-refractivity contribution < 1.29 is 17.9 Å². The van der Waals surface area contributed by atoms with Gasteiger partial charge < -0.3 is 9.47 Å². The minimum Gasteiger partial charge on any atom is -0.495 e. The number of aryl methyl sites for hydroxylation is 1. The predicted molar refractivity (Wildman–Crippen MR) is 99.3 cm³/mol. The van der Waals surface area contributed by atoms with E-state index in [1.165, 1.54) is 18.4 Å². The highest BCUT2D eigenvalue weighted by Gasteiger charge is 2.21. The molecule has 8 heteroatoms. The zero-order valence-corrected chi connectivity index (χ0v) is 15.7. The number of thiazole rings is 1. The second kappa shape index (κ2) is 6.89. The Morgan fingerprint density at radius 2 is 2.00 bits per heavy atom. The molecule has 0 radical (unpaired) electrons. The third-order valence-corrected chi connectivity index (χ3v) is 5.92. The van der Waals surface area contributed by atoms with Crippen molar-refractivity contribution in [1.29, 1.82) is 0 Å². The first kappa shape index (κ1) is 17.5. The highest BCUT2D eigenvalue weighted by Crippen LogP contribution is 2.32. The van der Waals surface area contributed by atoms with Gasteiger partial charge in [0, 0.05) is 0 Å². The minimum atomic E-state index is -3.80. The summed E-state index contributed by atoms with van der Waals surface area (Å²) in [5, 5.41) is 0.298. The average Bonchev–Trinajstić information content (AvgIpc) is 2.95. The van der Waals surface area contributed by atoms with Crippen LogP contribution in [0.25, 0.3) is 10.2 Å². The highest BCUT2D eigenvalue weighted by atomic mass is 32.2. The summed E-state index contributed by atoms with van der Waals surface area (Å²) in [5.74, 6) is 1.02. The van der Waals surface area contributed by atoms with E-state index in [1.807, 2.05) is 32.0 Å². The molecule has 3 rings (SSSR count). The van der Waals surface area contributed by atoms with Crippen LogP contribution in [-0.2, 0) is 10.0 Å². The van der Waals surface area contributed by atoms with Crippen LogP contribution in [0.4, 0.5) is 5.13 Å². The number of aromatic nitrogens is 1. The number of nitrogens with zero attached hydrogens (tertiary/aromatic N) is 1. The van der Waals surface area contributed by atoms with Crippen LogP contribution < -0.4 is 14.2 Å². The van der Waals surface area contributed by atoms with Crippen molar-refractivity contribution in [3.63, 3.8) is 0 Å². The third kappa shape index (κ3) is 3.69. The molecule has 0 amide bonds. The van der Waals surface area contributed by atoms with Gasteiger partial charge >= 0.3 is 0 Å². The monoisotopic (exact) mass is 378 g/mol. The van der Waals surface area contributed by atoms with E-state index in [0.717, 1.165) is 16.0 Å². The van der Waals surface area contributed by atoms with Crippen LogP contribution in [0.2, 0.25) is 0 Å². The molecular weight excluding hydrogens is 360 g/mol. The number of ether oxygens (including phenoxy) is 2. The number of fused-ring (bicyclic) bond motifs is 1. The van der Waals surface area contributed by atoms with Crippen molar-refractivity contribution in [2.24, 2.45) is 0 Å². The maximum absolute atomic E-state index is 12.7. The Morgan fingerprint density at radius 3 is 2.72 bits per heavy atom. The number of anilines is 1. The van der Waals surface area contributed by atoms with Gasteiger partial charge in [0.2, 0.25) is 0 Å². The number of benzene rings is 2. The summed E-state index contributed by atoms with van der Waals surface area (Å²) in [4.78, 5) is 4.42. The molecule has 0 aliphatic rings. The van der Waals surface area contributed by atoms with E-state index in [9.17, 15) is 8.42 Å². The molecule has 0 unspecified atom stereocenters. The highest BCUT2D eigenvalue weighted by molar-refractivity contribution is 7.93. The molecule has 0 fully saturated rings. The van der Waals surface area contributed by atoms with Crippen LogP contribution >= 0.6 is 11.3 Å². The Morgan fingerprint density at radius 1 is 1.20 bits per heavy atom. The van der Waals surface area contributed by atoms with E-state index >= 15 is 0 Å². The van der Waals surface area contributed by atoms with E-state index in [-0.39, 0.29) is 10.6 Å². The summed E-state index contributed by atoms with van der Waals surface area (Å²) in [7, 11) is -2.36. The second-order valence-electron chi connectivity index (χ2n) is 5.34. The number of hydrogen-bond donors (Lipinski definition) is 1. The normalized spacial score (nSPS) is 11.5. The lowest BCUT2D eigenvalue weighted by Crippen LogP contribution is -2.14. The Labute approximate surface area is 150 Å². The Hall–Kier alpha value is -2.32. The van der Waals surface area contributed by atoms with Gasteiger partial charge in [-0.25, -0.2) is 13.4 Å². The van der Waals surface area contributed by atoms with Crippen molar-refractivity contribution in [1.82, 2.24) is 4.98 Å². The van der Waals surface area contributed by atoms with Gasteiger partial charge in [-0.3, -0.25) is 4.72 Å². The van der Waals surface area contributed by atoms with Gasteiger partial charge in [-0.15, -0.1) is 0 Å². The van der Waals surface area contributed by atoms with Crippen LogP contribution in [0.15, 0.2) is 41.3 Å². The smallest absolute Gasteiger partial charge is 0.267 e. The minimum absolute atomic E-state index is 0.0873. The number of rotatable bonds is 6. The lowest BCUT2D eigenvalue weighted by Gasteiger charge is -2.10. The summed E-state index contributed by atoms with van der Waals surface area (Å²) in [6, 6.07) is 10.5. The molecule has 0 bridgehead atoms. The molecule has 1 N–H and O–H groups in total. The maximum Gasteiger partial charge on any atom is 0.267 e. The van der Waals surface area contributed by atoms with Crippen LogP contribution in [0.5, 0.6) is 11.5 Å². The summed E-state index contributed by atoms with van der Waals surface area (Å²) in [5.41, 5.74) is 1.54. The van der Waals surface area contributed by atoms with Crippen LogP contribution in [0.3, 0.4) is 0 Å². The van der Waals surface area contributed by atoms with Gasteiger partial charge in [0.05, 0.1) is 23.9 Å². The lowest BCUT2D eigenvalue weighted by molar-refractivity contribution is 0.341. The summed E-state index contributed by atoms with van der Waals surface area (Å²) in [6.07, 6.45) is 0. The first-order valence-electron chi connectivity index (χ1n) is 7.64. The Kier molecular flexibility index (Phi) is 4.82. The molecule has 0 spiro atoms. The predicted octanol–water partition coefficient (Wildman–Crippen LogP) is 3.81. The van der Waals surface area contributed by atoms with Gasteiger partial charge in [0.25, 0.3) is 10.0 Å². The fourth-order valence-electron chi connectivity index (χ4n) is 2.37. The summed E-state index contributed by atoms with van der Waals surface area (Å²) < 4.78 is 39.5. The zero-order valence-electron chi connectivity index (χ0n) is 14.1.